The third-order valence-electron chi connectivity index (χ3n) is 3.19. The number of methoxy groups -OCH3 is 1. The third-order valence-corrected chi connectivity index (χ3v) is 3.19. The summed E-state index contributed by atoms with van der Waals surface area (Å²) >= 11 is 0. The first-order chi connectivity index (χ1) is 7.65. The molecular formula is C14H23NO. The molecule has 16 heavy (non-hydrogen) atoms. The molecule has 2 heteroatoms. The van der Waals surface area contributed by atoms with E-state index in [4.69, 9.17) is 4.74 Å². The molecular weight excluding hydrogens is 198 g/mol. The van der Waals surface area contributed by atoms with Crippen LogP contribution in [0.1, 0.15) is 32.3 Å². The standard InChI is InChI=1S/C14H23NO/c1-11(14-8-6-5-7-9-14)10-15-12(2)13(3)16-4/h5-9,11-13,15H,10H2,1-4H3/t11-,12-,13-/m0/s1. The van der Waals surface area contributed by atoms with Crippen molar-refractivity contribution in [2.24, 2.45) is 0 Å². The maximum atomic E-state index is 5.29. The zero-order valence-corrected chi connectivity index (χ0v) is 10.7. The molecule has 0 heterocycles. The second kappa shape index (κ2) is 6.66. The number of ether oxygens (including phenoxy) is 1. The lowest BCUT2D eigenvalue weighted by Gasteiger charge is -2.22. The van der Waals surface area contributed by atoms with Crippen LogP contribution in [0.25, 0.3) is 0 Å². The Morgan fingerprint density at radius 3 is 2.31 bits per heavy atom. The van der Waals surface area contributed by atoms with E-state index in [1.54, 1.807) is 7.11 Å². The van der Waals surface area contributed by atoms with Gasteiger partial charge in [-0.3, -0.25) is 0 Å². The smallest absolute Gasteiger partial charge is 0.0693 e. The van der Waals surface area contributed by atoms with E-state index in [0.29, 0.717) is 12.0 Å². The Morgan fingerprint density at radius 1 is 1.12 bits per heavy atom. The van der Waals surface area contributed by atoms with Crippen molar-refractivity contribution in [1.29, 1.82) is 0 Å². The van der Waals surface area contributed by atoms with E-state index >= 15 is 0 Å². The van der Waals surface area contributed by atoms with Crippen molar-refractivity contribution in [3.63, 3.8) is 0 Å². The Balaban J connectivity index is 2.38. The van der Waals surface area contributed by atoms with Crippen molar-refractivity contribution in [3.05, 3.63) is 35.9 Å². The van der Waals surface area contributed by atoms with Gasteiger partial charge in [-0.15, -0.1) is 0 Å². The Kier molecular flexibility index (Phi) is 5.50. The average Bonchev–Trinajstić information content (AvgIpc) is 2.35. The van der Waals surface area contributed by atoms with Crippen LogP contribution in [0.5, 0.6) is 0 Å². The lowest BCUT2D eigenvalue weighted by Crippen LogP contribution is -2.38. The molecule has 0 aliphatic rings. The molecule has 0 unspecified atom stereocenters. The summed E-state index contributed by atoms with van der Waals surface area (Å²) in [4.78, 5) is 0. The highest BCUT2D eigenvalue weighted by Crippen LogP contribution is 2.13. The summed E-state index contributed by atoms with van der Waals surface area (Å²) in [6.07, 6.45) is 0.253. The van der Waals surface area contributed by atoms with Gasteiger partial charge in [0.05, 0.1) is 6.10 Å². The highest BCUT2D eigenvalue weighted by Gasteiger charge is 2.12. The van der Waals surface area contributed by atoms with Gasteiger partial charge in [0.25, 0.3) is 0 Å². The first kappa shape index (κ1) is 13.2. The van der Waals surface area contributed by atoms with Gasteiger partial charge in [0.15, 0.2) is 0 Å². The normalized spacial score (nSPS) is 16.8. The summed E-state index contributed by atoms with van der Waals surface area (Å²) in [7, 11) is 1.75. The van der Waals surface area contributed by atoms with Crippen LogP contribution in [0.2, 0.25) is 0 Å². The summed E-state index contributed by atoms with van der Waals surface area (Å²) in [5.41, 5.74) is 1.38. The third kappa shape index (κ3) is 3.95. The van der Waals surface area contributed by atoms with Gasteiger partial charge in [0, 0.05) is 19.7 Å². The van der Waals surface area contributed by atoms with E-state index in [-0.39, 0.29) is 6.10 Å². The minimum Gasteiger partial charge on any atom is -0.380 e. The van der Waals surface area contributed by atoms with Gasteiger partial charge in [0.1, 0.15) is 0 Å². The first-order valence-electron chi connectivity index (χ1n) is 5.96. The summed E-state index contributed by atoms with van der Waals surface area (Å²) in [6, 6.07) is 11.0. The van der Waals surface area contributed by atoms with Crippen LogP contribution >= 0.6 is 0 Å². The summed E-state index contributed by atoms with van der Waals surface area (Å²) in [5.74, 6) is 0.535. The van der Waals surface area contributed by atoms with Crippen molar-refractivity contribution in [2.75, 3.05) is 13.7 Å². The number of rotatable bonds is 6. The molecule has 0 saturated heterocycles. The molecule has 0 bridgehead atoms. The molecule has 0 fully saturated rings. The van der Waals surface area contributed by atoms with Gasteiger partial charge in [-0.05, 0) is 25.3 Å². The number of hydrogen-bond donors (Lipinski definition) is 1. The van der Waals surface area contributed by atoms with Gasteiger partial charge < -0.3 is 10.1 Å². The molecule has 1 aromatic carbocycles. The van der Waals surface area contributed by atoms with E-state index in [2.05, 4.69) is 56.4 Å². The van der Waals surface area contributed by atoms with Crippen LogP contribution in [-0.2, 0) is 4.74 Å². The molecule has 1 rings (SSSR count). The Bertz CT molecular complexity index is 286. The van der Waals surface area contributed by atoms with Crippen LogP contribution in [-0.4, -0.2) is 25.8 Å². The molecule has 0 aromatic heterocycles. The van der Waals surface area contributed by atoms with E-state index in [9.17, 15) is 0 Å². The molecule has 2 nitrogen and oxygen atoms in total. The van der Waals surface area contributed by atoms with Crippen LogP contribution in [0.15, 0.2) is 30.3 Å². The zero-order chi connectivity index (χ0) is 12.0. The SMILES string of the molecule is CO[C@@H](C)[C@H](C)NC[C@H](C)c1ccccc1. The van der Waals surface area contributed by atoms with Gasteiger partial charge >= 0.3 is 0 Å². The molecule has 1 aromatic rings. The fraction of sp³-hybridized carbons (Fsp3) is 0.571. The van der Waals surface area contributed by atoms with Gasteiger partial charge in [-0.25, -0.2) is 0 Å². The predicted octanol–water partition coefficient (Wildman–Crippen LogP) is 2.80. The number of nitrogens with one attached hydrogen (secondary N) is 1. The largest absolute Gasteiger partial charge is 0.380 e. The van der Waals surface area contributed by atoms with Gasteiger partial charge in [-0.1, -0.05) is 37.3 Å². The predicted molar refractivity (Wildman–Crippen MR) is 68.8 cm³/mol. The van der Waals surface area contributed by atoms with Crippen LogP contribution < -0.4 is 5.32 Å². The second-order valence-corrected chi connectivity index (χ2v) is 4.45. The van der Waals surface area contributed by atoms with Gasteiger partial charge in [0.2, 0.25) is 0 Å². The minimum atomic E-state index is 0.253. The van der Waals surface area contributed by atoms with Crippen molar-refractivity contribution < 1.29 is 4.74 Å². The highest BCUT2D eigenvalue weighted by molar-refractivity contribution is 5.18. The molecule has 0 amide bonds. The molecule has 0 spiro atoms. The molecule has 0 radical (unpaired) electrons. The van der Waals surface area contributed by atoms with Crippen molar-refractivity contribution >= 4 is 0 Å². The van der Waals surface area contributed by atoms with Crippen molar-refractivity contribution in [1.82, 2.24) is 5.32 Å². The second-order valence-electron chi connectivity index (χ2n) is 4.45. The maximum absolute atomic E-state index is 5.29. The number of benzene rings is 1. The molecule has 90 valence electrons. The van der Waals surface area contributed by atoms with Crippen LogP contribution in [0, 0.1) is 0 Å². The van der Waals surface area contributed by atoms with E-state index in [0.717, 1.165) is 6.54 Å². The van der Waals surface area contributed by atoms with Crippen LogP contribution in [0.4, 0.5) is 0 Å². The van der Waals surface area contributed by atoms with Crippen molar-refractivity contribution in [3.8, 4) is 0 Å². The Morgan fingerprint density at radius 2 is 1.75 bits per heavy atom. The fourth-order valence-electron chi connectivity index (χ4n) is 1.63. The van der Waals surface area contributed by atoms with Gasteiger partial charge in [-0.2, -0.15) is 0 Å². The molecule has 1 N–H and O–H groups in total. The maximum Gasteiger partial charge on any atom is 0.0693 e. The summed E-state index contributed by atoms with van der Waals surface area (Å²) in [5, 5.41) is 3.51. The zero-order valence-electron chi connectivity index (χ0n) is 10.7. The van der Waals surface area contributed by atoms with E-state index in [1.807, 2.05) is 0 Å². The monoisotopic (exact) mass is 221 g/mol. The lowest BCUT2D eigenvalue weighted by molar-refractivity contribution is 0.0884. The lowest BCUT2D eigenvalue weighted by atomic mass is 10.0. The first-order valence-corrected chi connectivity index (χ1v) is 5.96. The highest BCUT2D eigenvalue weighted by atomic mass is 16.5. The molecule has 0 aliphatic heterocycles. The molecule has 0 aliphatic carbocycles. The quantitative estimate of drug-likeness (QED) is 0.797. The van der Waals surface area contributed by atoms with Crippen molar-refractivity contribution in [2.45, 2.75) is 38.8 Å². The van der Waals surface area contributed by atoms with Crippen LogP contribution in [0.3, 0.4) is 0 Å². The minimum absolute atomic E-state index is 0.253. The Labute approximate surface area is 99.0 Å². The molecule has 3 atom stereocenters. The molecule has 0 saturated carbocycles. The summed E-state index contributed by atoms with van der Waals surface area (Å²) in [6.45, 7) is 7.47. The van der Waals surface area contributed by atoms with E-state index < -0.39 is 0 Å². The summed E-state index contributed by atoms with van der Waals surface area (Å²) < 4.78 is 5.29. The number of hydrogen-bond acceptors (Lipinski definition) is 2. The van der Waals surface area contributed by atoms with E-state index in [1.165, 1.54) is 5.56 Å². The topological polar surface area (TPSA) is 21.3 Å². The Hall–Kier alpha value is -0.860. The fourth-order valence-corrected chi connectivity index (χ4v) is 1.63. The average molecular weight is 221 g/mol.